The average Bonchev–Trinajstić information content (AvgIpc) is 2.37. The van der Waals surface area contributed by atoms with Crippen molar-refractivity contribution in [1.29, 1.82) is 0 Å². The van der Waals surface area contributed by atoms with E-state index in [2.05, 4.69) is 10.2 Å². The maximum absolute atomic E-state index is 11.5. The van der Waals surface area contributed by atoms with Crippen molar-refractivity contribution in [2.75, 3.05) is 13.7 Å². The van der Waals surface area contributed by atoms with Gasteiger partial charge in [0.15, 0.2) is 0 Å². The van der Waals surface area contributed by atoms with E-state index in [0.717, 1.165) is 0 Å². The Balaban J connectivity index is 2.88. The Hall–Kier alpha value is -1.62. The molecule has 0 fully saturated rings. The van der Waals surface area contributed by atoms with Crippen LogP contribution < -0.4 is 4.74 Å². The normalized spacial score (nSPS) is 14.2. The van der Waals surface area contributed by atoms with Gasteiger partial charge in [0.05, 0.1) is 13.7 Å². The molecule has 0 N–H and O–H groups in total. The highest BCUT2D eigenvalue weighted by molar-refractivity contribution is 6.33. The molecule has 18 heavy (non-hydrogen) atoms. The number of ether oxygens (including phenoxy) is 2. The van der Waals surface area contributed by atoms with Crippen LogP contribution in [0.1, 0.15) is 13.8 Å². The fourth-order valence-electron chi connectivity index (χ4n) is 1.16. The molecule has 1 unspecified atom stereocenters. The number of hydrogen-bond acceptors (Lipinski definition) is 5. The number of carbonyl (C=O) groups is 1. The highest BCUT2D eigenvalue weighted by atomic mass is 35.5. The first-order valence-electron chi connectivity index (χ1n) is 5.43. The monoisotopic (exact) mass is 270 g/mol. The van der Waals surface area contributed by atoms with Gasteiger partial charge in [0.25, 0.3) is 0 Å². The Kier molecular flexibility index (Phi) is 5.09. The lowest BCUT2D eigenvalue weighted by molar-refractivity contribution is -0.145. The molecule has 1 atom stereocenters. The molecule has 0 aliphatic carbocycles. The van der Waals surface area contributed by atoms with E-state index in [0.29, 0.717) is 11.4 Å². The van der Waals surface area contributed by atoms with E-state index in [9.17, 15) is 4.79 Å². The fourth-order valence-corrected chi connectivity index (χ4v) is 1.26. The molecule has 0 bridgehead atoms. The number of rotatable bonds is 5. The Morgan fingerprint density at radius 1 is 1.44 bits per heavy atom. The molecule has 0 saturated carbocycles. The molecular weight excluding hydrogens is 256 g/mol. The van der Waals surface area contributed by atoms with Gasteiger partial charge in [0, 0.05) is 0 Å². The van der Waals surface area contributed by atoms with Crippen LogP contribution in [-0.4, -0.2) is 24.7 Å². The SMILES string of the molecule is CCOC(=O)C(C)(Cl)/N=N/c1ccccc1OC. The van der Waals surface area contributed by atoms with Crippen LogP contribution in [0.5, 0.6) is 5.75 Å². The molecule has 0 saturated heterocycles. The fraction of sp³-hybridized carbons (Fsp3) is 0.417. The Morgan fingerprint density at radius 2 is 2.11 bits per heavy atom. The van der Waals surface area contributed by atoms with Gasteiger partial charge in [-0.2, -0.15) is 5.11 Å². The van der Waals surface area contributed by atoms with Crippen molar-refractivity contribution in [3.05, 3.63) is 24.3 Å². The molecule has 1 aromatic carbocycles. The maximum Gasteiger partial charge on any atom is 0.351 e. The topological polar surface area (TPSA) is 60.2 Å². The quantitative estimate of drug-likeness (QED) is 0.357. The molecule has 0 aliphatic heterocycles. The number of nitrogens with zero attached hydrogens (tertiary/aromatic N) is 2. The highest BCUT2D eigenvalue weighted by Crippen LogP contribution is 2.29. The lowest BCUT2D eigenvalue weighted by atomic mass is 10.3. The number of methoxy groups -OCH3 is 1. The number of azo groups is 1. The second kappa shape index (κ2) is 6.35. The molecule has 5 nitrogen and oxygen atoms in total. The number of halogens is 1. The van der Waals surface area contributed by atoms with Gasteiger partial charge < -0.3 is 9.47 Å². The van der Waals surface area contributed by atoms with E-state index >= 15 is 0 Å². The highest BCUT2D eigenvalue weighted by Gasteiger charge is 2.32. The summed E-state index contributed by atoms with van der Waals surface area (Å²) in [6.45, 7) is 3.36. The maximum atomic E-state index is 11.5. The number of alkyl halides is 1. The van der Waals surface area contributed by atoms with E-state index in [1.807, 2.05) is 6.07 Å². The Morgan fingerprint density at radius 3 is 2.72 bits per heavy atom. The summed E-state index contributed by atoms with van der Waals surface area (Å²) in [4.78, 5) is 9.97. The average molecular weight is 271 g/mol. The van der Waals surface area contributed by atoms with Crippen LogP contribution in [0.2, 0.25) is 0 Å². The van der Waals surface area contributed by atoms with Crippen LogP contribution in [0.25, 0.3) is 0 Å². The van der Waals surface area contributed by atoms with Crippen molar-refractivity contribution in [1.82, 2.24) is 0 Å². The zero-order valence-electron chi connectivity index (χ0n) is 10.5. The van der Waals surface area contributed by atoms with Crippen LogP contribution >= 0.6 is 11.6 Å². The van der Waals surface area contributed by atoms with E-state index in [1.165, 1.54) is 14.0 Å². The first-order chi connectivity index (χ1) is 8.51. The zero-order valence-corrected chi connectivity index (χ0v) is 11.3. The summed E-state index contributed by atoms with van der Waals surface area (Å²) < 4.78 is 9.90. The first kappa shape index (κ1) is 14.4. The molecule has 0 aliphatic rings. The van der Waals surface area contributed by atoms with Gasteiger partial charge in [0.2, 0.25) is 5.00 Å². The standard InChI is InChI=1S/C12H15ClN2O3/c1-4-18-11(16)12(2,13)15-14-9-7-5-6-8-10(9)17-3/h5-8H,4H2,1-3H3/b15-14+. The largest absolute Gasteiger partial charge is 0.494 e. The summed E-state index contributed by atoms with van der Waals surface area (Å²) in [7, 11) is 1.53. The summed E-state index contributed by atoms with van der Waals surface area (Å²) >= 11 is 5.94. The van der Waals surface area contributed by atoms with Crippen molar-refractivity contribution in [3.8, 4) is 5.75 Å². The summed E-state index contributed by atoms with van der Waals surface area (Å²) in [6, 6.07) is 7.04. The van der Waals surface area contributed by atoms with Gasteiger partial charge in [0.1, 0.15) is 11.4 Å². The van der Waals surface area contributed by atoms with Crippen molar-refractivity contribution in [2.45, 2.75) is 18.8 Å². The number of esters is 1. The van der Waals surface area contributed by atoms with Gasteiger partial charge in [-0.3, -0.25) is 0 Å². The minimum Gasteiger partial charge on any atom is -0.494 e. The minimum atomic E-state index is -1.53. The van der Waals surface area contributed by atoms with Crippen molar-refractivity contribution in [3.63, 3.8) is 0 Å². The molecule has 0 radical (unpaired) electrons. The third kappa shape index (κ3) is 3.70. The van der Waals surface area contributed by atoms with Gasteiger partial charge in [-0.1, -0.05) is 23.7 Å². The van der Waals surface area contributed by atoms with Crippen LogP contribution in [-0.2, 0) is 9.53 Å². The van der Waals surface area contributed by atoms with Gasteiger partial charge >= 0.3 is 5.97 Å². The molecule has 0 spiro atoms. The van der Waals surface area contributed by atoms with Crippen LogP contribution in [0.3, 0.4) is 0 Å². The molecule has 0 amide bonds. The second-order valence-electron chi connectivity index (χ2n) is 3.55. The van der Waals surface area contributed by atoms with Crippen LogP contribution in [0.4, 0.5) is 5.69 Å². The van der Waals surface area contributed by atoms with E-state index < -0.39 is 11.0 Å². The molecule has 6 heteroatoms. The van der Waals surface area contributed by atoms with E-state index in [-0.39, 0.29) is 6.61 Å². The van der Waals surface area contributed by atoms with E-state index in [4.69, 9.17) is 21.1 Å². The molecule has 0 aromatic heterocycles. The van der Waals surface area contributed by atoms with Gasteiger partial charge in [-0.15, -0.1) is 5.11 Å². The van der Waals surface area contributed by atoms with Crippen molar-refractivity contribution < 1.29 is 14.3 Å². The van der Waals surface area contributed by atoms with Gasteiger partial charge in [-0.05, 0) is 26.0 Å². The van der Waals surface area contributed by atoms with Crippen LogP contribution in [0, 0.1) is 0 Å². The number of para-hydroxylation sites is 1. The molecule has 1 aromatic rings. The summed E-state index contributed by atoms with van der Waals surface area (Å²) in [5.41, 5.74) is 0.496. The number of hydrogen-bond donors (Lipinski definition) is 0. The summed E-state index contributed by atoms with van der Waals surface area (Å²) in [5.74, 6) is -0.0807. The molecule has 1 rings (SSSR count). The van der Waals surface area contributed by atoms with Crippen molar-refractivity contribution in [2.24, 2.45) is 10.2 Å². The Labute approximate surface area is 111 Å². The minimum absolute atomic E-state index is 0.241. The second-order valence-corrected chi connectivity index (χ2v) is 4.28. The predicted molar refractivity (Wildman–Crippen MR) is 68.4 cm³/mol. The lowest BCUT2D eigenvalue weighted by Gasteiger charge is -2.13. The number of benzene rings is 1. The predicted octanol–water partition coefficient (Wildman–Crippen LogP) is 3.30. The first-order valence-corrected chi connectivity index (χ1v) is 5.81. The lowest BCUT2D eigenvalue weighted by Crippen LogP contribution is -2.28. The summed E-state index contributed by atoms with van der Waals surface area (Å²) in [5, 5.41) is 7.71. The molecule has 0 heterocycles. The van der Waals surface area contributed by atoms with Crippen molar-refractivity contribution >= 4 is 23.3 Å². The number of carbonyl (C=O) groups excluding carboxylic acids is 1. The zero-order chi connectivity index (χ0) is 13.6. The molecule has 98 valence electrons. The smallest absolute Gasteiger partial charge is 0.351 e. The van der Waals surface area contributed by atoms with Crippen LogP contribution in [0.15, 0.2) is 34.5 Å². The molecular formula is C12H15ClN2O3. The Bertz CT molecular complexity index is 447. The third-order valence-electron chi connectivity index (χ3n) is 2.08. The van der Waals surface area contributed by atoms with E-state index in [1.54, 1.807) is 25.1 Å². The van der Waals surface area contributed by atoms with Gasteiger partial charge in [-0.25, -0.2) is 4.79 Å². The third-order valence-corrected chi connectivity index (χ3v) is 2.31. The summed E-state index contributed by atoms with van der Waals surface area (Å²) in [6.07, 6.45) is 0.